The van der Waals surface area contributed by atoms with Crippen molar-refractivity contribution in [2.75, 3.05) is 13.1 Å². The van der Waals surface area contributed by atoms with Gasteiger partial charge in [-0.2, -0.15) is 0 Å². The average Bonchev–Trinajstić information content (AvgIpc) is 3.01. The number of aliphatic hydroxyl groups is 1. The first-order valence-corrected chi connectivity index (χ1v) is 7.89. The minimum Gasteiger partial charge on any atom is -0.388 e. The highest BCUT2D eigenvalue weighted by Gasteiger charge is 2.29. The molecule has 2 aromatic rings. The molecular formula is C17H19ClN2O2. The molecule has 1 atom stereocenters. The number of piperidine rings is 1. The molecule has 2 N–H and O–H groups in total. The lowest BCUT2D eigenvalue weighted by Crippen LogP contribution is -2.39. The van der Waals surface area contributed by atoms with Gasteiger partial charge in [-0.25, -0.2) is 0 Å². The minimum atomic E-state index is -0.460. The number of amides is 1. The van der Waals surface area contributed by atoms with Crippen molar-refractivity contribution in [3.8, 4) is 0 Å². The predicted octanol–water partition coefficient (Wildman–Crippen LogP) is 3.25. The number of nitrogens with one attached hydrogen (secondary N) is 1. The maximum absolute atomic E-state index is 12.3. The largest absolute Gasteiger partial charge is 0.388 e. The Morgan fingerprint density at radius 2 is 1.95 bits per heavy atom. The maximum atomic E-state index is 12.3. The maximum Gasteiger partial charge on any atom is 0.270 e. The van der Waals surface area contributed by atoms with Gasteiger partial charge in [-0.15, -0.1) is 0 Å². The van der Waals surface area contributed by atoms with Gasteiger partial charge in [0.05, 0.1) is 11.1 Å². The number of aromatic nitrogens is 1. The second-order valence-electron chi connectivity index (χ2n) is 5.72. The van der Waals surface area contributed by atoms with Crippen molar-refractivity contribution in [1.82, 2.24) is 9.88 Å². The lowest BCUT2D eigenvalue weighted by Gasteiger charge is -2.34. The molecule has 5 heteroatoms. The van der Waals surface area contributed by atoms with E-state index in [2.05, 4.69) is 4.98 Å². The van der Waals surface area contributed by atoms with Gasteiger partial charge in [0.15, 0.2) is 0 Å². The van der Waals surface area contributed by atoms with Crippen molar-refractivity contribution >= 4 is 17.5 Å². The van der Waals surface area contributed by atoms with Crippen LogP contribution in [-0.4, -0.2) is 34.0 Å². The first kappa shape index (κ1) is 15.1. The number of rotatable bonds is 3. The molecule has 1 aliphatic rings. The molecule has 0 saturated carbocycles. The zero-order valence-corrected chi connectivity index (χ0v) is 13.0. The summed E-state index contributed by atoms with van der Waals surface area (Å²) in [5, 5.41) is 11.0. The van der Waals surface area contributed by atoms with Crippen molar-refractivity contribution < 1.29 is 9.90 Å². The number of benzene rings is 1. The number of hydrogen-bond acceptors (Lipinski definition) is 2. The molecule has 22 heavy (non-hydrogen) atoms. The number of aliphatic hydroxyl groups excluding tert-OH is 1. The van der Waals surface area contributed by atoms with Crippen molar-refractivity contribution in [3.05, 3.63) is 58.9 Å². The van der Waals surface area contributed by atoms with Gasteiger partial charge >= 0.3 is 0 Å². The van der Waals surface area contributed by atoms with Crippen LogP contribution in [0.3, 0.4) is 0 Å². The molecule has 0 bridgehead atoms. The molecule has 1 fully saturated rings. The normalized spacial score (nSPS) is 17.5. The molecule has 1 aromatic carbocycles. The highest BCUT2D eigenvalue weighted by atomic mass is 35.5. The number of H-pyrrole nitrogens is 1. The van der Waals surface area contributed by atoms with Crippen LogP contribution in [0.15, 0.2) is 42.6 Å². The number of carbonyl (C=O) groups excluding carboxylic acids is 1. The summed E-state index contributed by atoms with van der Waals surface area (Å²) in [6.45, 7) is 1.31. The Hall–Kier alpha value is -1.78. The number of likely N-dealkylation sites (tertiary alicyclic amines) is 1. The van der Waals surface area contributed by atoms with Crippen molar-refractivity contribution in [3.63, 3.8) is 0 Å². The van der Waals surface area contributed by atoms with Crippen LogP contribution in [-0.2, 0) is 0 Å². The average molecular weight is 319 g/mol. The Kier molecular flexibility index (Phi) is 4.50. The quantitative estimate of drug-likeness (QED) is 0.912. The fraction of sp³-hybridized carbons (Fsp3) is 0.353. The molecule has 0 aliphatic carbocycles. The molecule has 3 rings (SSSR count). The van der Waals surface area contributed by atoms with E-state index < -0.39 is 6.10 Å². The van der Waals surface area contributed by atoms with Crippen LogP contribution in [0.4, 0.5) is 0 Å². The van der Waals surface area contributed by atoms with Gasteiger partial charge in [0.1, 0.15) is 5.69 Å². The van der Waals surface area contributed by atoms with Crippen LogP contribution in [0.1, 0.15) is 35.0 Å². The lowest BCUT2D eigenvalue weighted by atomic mass is 9.87. The number of hydrogen-bond donors (Lipinski definition) is 2. The first-order chi connectivity index (χ1) is 10.6. The Labute approximate surface area is 134 Å². The second kappa shape index (κ2) is 6.55. The van der Waals surface area contributed by atoms with Crippen LogP contribution in [0.2, 0.25) is 5.02 Å². The molecule has 0 spiro atoms. The van der Waals surface area contributed by atoms with Gasteiger partial charge in [-0.05, 0) is 30.4 Å². The third-order valence-corrected chi connectivity index (χ3v) is 4.51. The number of carbonyl (C=O) groups is 1. The minimum absolute atomic E-state index is 0.0282. The van der Waals surface area contributed by atoms with Crippen molar-refractivity contribution in [1.29, 1.82) is 0 Å². The fourth-order valence-electron chi connectivity index (χ4n) is 3.00. The standard InChI is InChI=1S/C17H19ClN2O2/c18-14-10-15(19-11-14)17(22)20-8-6-13(7-9-20)16(21)12-4-2-1-3-5-12/h1-5,10-11,13,16,19,21H,6-9H2/t16-/m0/s1. The molecule has 1 aromatic heterocycles. The van der Waals surface area contributed by atoms with Crippen LogP contribution < -0.4 is 0 Å². The Morgan fingerprint density at radius 3 is 2.55 bits per heavy atom. The van der Waals surface area contributed by atoms with E-state index in [9.17, 15) is 9.90 Å². The van der Waals surface area contributed by atoms with Gasteiger partial charge in [0.2, 0.25) is 0 Å². The van der Waals surface area contributed by atoms with E-state index in [4.69, 9.17) is 11.6 Å². The molecular weight excluding hydrogens is 300 g/mol. The predicted molar refractivity (Wildman–Crippen MR) is 85.8 cm³/mol. The number of aromatic amines is 1. The van der Waals surface area contributed by atoms with Gasteiger partial charge in [-0.3, -0.25) is 4.79 Å². The molecule has 4 nitrogen and oxygen atoms in total. The first-order valence-electron chi connectivity index (χ1n) is 7.51. The van der Waals surface area contributed by atoms with E-state index in [1.807, 2.05) is 35.2 Å². The molecule has 1 amide bonds. The van der Waals surface area contributed by atoms with Gasteiger partial charge < -0.3 is 15.0 Å². The summed E-state index contributed by atoms with van der Waals surface area (Å²) in [4.78, 5) is 17.0. The van der Waals surface area contributed by atoms with E-state index in [1.54, 1.807) is 12.3 Å². The zero-order chi connectivity index (χ0) is 15.5. The number of halogens is 1. The monoisotopic (exact) mass is 318 g/mol. The fourth-order valence-corrected chi connectivity index (χ4v) is 3.17. The molecule has 116 valence electrons. The van der Waals surface area contributed by atoms with E-state index in [0.29, 0.717) is 23.8 Å². The van der Waals surface area contributed by atoms with E-state index in [1.165, 1.54) is 0 Å². The Balaban J connectivity index is 1.59. The molecule has 1 aliphatic heterocycles. The molecule has 2 heterocycles. The van der Waals surface area contributed by atoms with Crippen molar-refractivity contribution in [2.24, 2.45) is 5.92 Å². The van der Waals surface area contributed by atoms with Crippen molar-refractivity contribution in [2.45, 2.75) is 18.9 Å². The Morgan fingerprint density at radius 1 is 1.27 bits per heavy atom. The molecule has 1 saturated heterocycles. The van der Waals surface area contributed by atoms with Crippen LogP contribution in [0, 0.1) is 5.92 Å². The van der Waals surface area contributed by atoms with Gasteiger partial charge in [0.25, 0.3) is 5.91 Å². The second-order valence-corrected chi connectivity index (χ2v) is 6.15. The van der Waals surface area contributed by atoms with E-state index in [0.717, 1.165) is 18.4 Å². The van der Waals surface area contributed by atoms with Gasteiger partial charge in [0, 0.05) is 19.3 Å². The molecule has 0 unspecified atom stereocenters. The third-order valence-electron chi connectivity index (χ3n) is 4.29. The lowest BCUT2D eigenvalue weighted by molar-refractivity contribution is 0.0459. The summed E-state index contributed by atoms with van der Waals surface area (Å²) in [6, 6.07) is 11.4. The third kappa shape index (κ3) is 3.18. The summed E-state index contributed by atoms with van der Waals surface area (Å²) in [6.07, 6.45) is 2.76. The van der Waals surface area contributed by atoms with Crippen LogP contribution in [0.5, 0.6) is 0 Å². The summed E-state index contributed by atoms with van der Waals surface area (Å²) < 4.78 is 0. The van der Waals surface area contributed by atoms with Crippen LogP contribution >= 0.6 is 11.6 Å². The zero-order valence-electron chi connectivity index (χ0n) is 12.2. The van der Waals surface area contributed by atoms with Crippen LogP contribution in [0.25, 0.3) is 0 Å². The topological polar surface area (TPSA) is 56.3 Å². The smallest absolute Gasteiger partial charge is 0.270 e. The molecule has 0 radical (unpaired) electrons. The summed E-state index contributed by atoms with van der Waals surface area (Å²) in [5.74, 6) is 0.165. The summed E-state index contributed by atoms with van der Waals surface area (Å²) in [5.41, 5.74) is 1.47. The summed E-state index contributed by atoms with van der Waals surface area (Å²) in [7, 11) is 0. The number of nitrogens with zero attached hydrogens (tertiary/aromatic N) is 1. The summed E-state index contributed by atoms with van der Waals surface area (Å²) >= 11 is 5.84. The highest BCUT2D eigenvalue weighted by Crippen LogP contribution is 2.31. The highest BCUT2D eigenvalue weighted by molar-refractivity contribution is 6.30. The van der Waals surface area contributed by atoms with E-state index >= 15 is 0 Å². The Bertz CT molecular complexity index is 633. The van der Waals surface area contributed by atoms with Gasteiger partial charge in [-0.1, -0.05) is 41.9 Å². The van der Waals surface area contributed by atoms with E-state index in [-0.39, 0.29) is 11.8 Å². The SMILES string of the molecule is O=C(c1cc(Cl)c[nH]1)N1CCC([C@@H](O)c2ccccc2)CC1.